The number of anilines is 1. The molecule has 8 heteroatoms. The number of nitrogens with one attached hydrogen (secondary N) is 1. The third-order valence-electron chi connectivity index (χ3n) is 4.27. The van der Waals surface area contributed by atoms with Gasteiger partial charge in [-0.15, -0.1) is 10.2 Å². The lowest BCUT2D eigenvalue weighted by Gasteiger charge is -2.18. The van der Waals surface area contributed by atoms with Crippen molar-refractivity contribution >= 4 is 28.1 Å². The number of benzene rings is 1. The van der Waals surface area contributed by atoms with E-state index in [1.54, 1.807) is 6.92 Å². The second kappa shape index (κ2) is 7.04. The zero-order valence-electron chi connectivity index (χ0n) is 13.3. The van der Waals surface area contributed by atoms with Crippen molar-refractivity contribution in [3.05, 3.63) is 44.4 Å². The highest BCUT2D eigenvalue weighted by atomic mass is 32.1. The number of nitro benzene ring substituents is 1. The van der Waals surface area contributed by atoms with Crippen LogP contribution in [-0.2, 0) is 0 Å². The van der Waals surface area contributed by atoms with Crippen molar-refractivity contribution in [2.24, 2.45) is 0 Å². The van der Waals surface area contributed by atoms with Gasteiger partial charge in [0.2, 0.25) is 5.13 Å². The Labute approximate surface area is 143 Å². The van der Waals surface area contributed by atoms with Crippen LogP contribution in [0.5, 0.6) is 0 Å². The van der Waals surface area contributed by atoms with E-state index in [0.29, 0.717) is 22.2 Å². The second-order valence-corrected chi connectivity index (χ2v) is 7.00. The molecule has 0 radical (unpaired) electrons. The fourth-order valence-corrected chi connectivity index (χ4v) is 3.88. The molecule has 24 heavy (non-hydrogen) atoms. The van der Waals surface area contributed by atoms with E-state index in [1.807, 2.05) is 0 Å². The highest BCUT2D eigenvalue weighted by Crippen LogP contribution is 2.35. The Kier molecular flexibility index (Phi) is 4.84. The van der Waals surface area contributed by atoms with Gasteiger partial charge in [0, 0.05) is 23.1 Å². The summed E-state index contributed by atoms with van der Waals surface area (Å²) in [5.41, 5.74) is 0.822. The number of rotatable bonds is 4. The van der Waals surface area contributed by atoms with Gasteiger partial charge in [-0.1, -0.05) is 30.6 Å². The van der Waals surface area contributed by atoms with Gasteiger partial charge in [0.05, 0.1) is 4.92 Å². The number of hydrogen-bond donors (Lipinski definition) is 1. The third-order valence-corrected chi connectivity index (χ3v) is 5.27. The second-order valence-electron chi connectivity index (χ2n) is 5.99. The molecule has 1 saturated carbocycles. The van der Waals surface area contributed by atoms with Gasteiger partial charge < -0.3 is 0 Å². The minimum absolute atomic E-state index is 0.00190. The molecule has 0 aliphatic heterocycles. The number of carbonyl (C=O) groups excluding carboxylic acids is 1. The number of amides is 1. The van der Waals surface area contributed by atoms with Gasteiger partial charge in [0.1, 0.15) is 5.01 Å². The number of carbonyl (C=O) groups is 1. The summed E-state index contributed by atoms with van der Waals surface area (Å²) in [4.78, 5) is 22.7. The molecule has 1 heterocycles. The summed E-state index contributed by atoms with van der Waals surface area (Å²) in [5, 5.41) is 23.3. The van der Waals surface area contributed by atoms with Crippen LogP contribution in [-0.4, -0.2) is 21.0 Å². The third kappa shape index (κ3) is 3.59. The molecule has 0 unspecified atom stereocenters. The molecule has 1 fully saturated rings. The number of aromatic nitrogens is 2. The molecule has 1 aromatic heterocycles. The Hall–Kier alpha value is -2.35. The van der Waals surface area contributed by atoms with E-state index in [1.165, 1.54) is 48.8 Å². The van der Waals surface area contributed by atoms with E-state index in [4.69, 9.17) is 0 Å². The average molecular weight is 346 g/mol. The SMILES string of the molecule is Cc1cc(C(=O)Nc2nnc(C3CCCCC3)s2)ccc1[N+](=O)[O-]. The first-order valence-electron chi connectivity index (χ1n) is 7.94. The lowest BCUT2D eigenvalue weighted by atomic mass is 9.90. The van der Waals surface area contributed by atoms with E-state index in [9.17, 15) is 14.9 Å². The Balaban J connectivity index is 1.69. The van der Waals surface area contributed by atoms with Crippen molar-refractivity contribution in [3.63, 3.8) is 0 Å². The van der Waals surface area contributed by atoms with Crippen LogP contribution in [0, 0.1) is 17.0 Å². The van der Waals surface area contributed by atoms with Crippen LogP contribution in [0.4, 0.5) is 10.8 Å². The van der Waals surface area contributed by atoms with Gasteiger partial charge in [-0.2, -0.15) is 0 Å². The van der Waals surface area contributed by atoms with E-state index >= 15 is 0 Å². The van der Waals surface area contributed by atoms with Crippen LogP contribution >= 0.6 is 11.3 Å². The van der Waals surface area contributed by atoms with Crippen molar-refractivity contribution in [2.75, 3.05) is 5.32 Å². The summed E-state index contributed by atoms with van der Waals surface area (Å²) < 4.78 is 0. The number of nitro groups is 1. The van der Waals surface area contributed by atoms with Gasteiger partial charge in [0.15, 0.2) is 0 Å². The quantitative estimate of drug-likeness (QED) is 0.665. The largest absolute Gasteiger partial charge is 0.296 e. The van der Waals surface area contributed by atoms with Crippen molar-refractivity contribution in [1.29, 1.82) is 0 Å². The molecule has 126 valence electrons. The maximum atomic E-state index is 12.3. The van der Waals surface area contributed by atoms with Crippen molar-refractivity contribution in [3.8, 4) is 0 Å². The Morgan fingerprint density at radius 3 is 2.71 bits per heavy atom. The Bertz CT molecular complexity index is 768. The molecule has 0 saturated heterocycles. The molecule has 0 atom stereocenters. The zero-order chi connectivity index (χ0) is 17.1. The van der Waals surface area contributed by atoms with E-state index in [2.05, 4.69) is 15.5 Å². The van der Waals surface area contributed by atoms with E-state index < -0.39 is 4.92 Å². The fraction of sp³-hybridized carbons (Fsp3) is 0.438. The van der Waals surface area contributed by atoms with E-state index in [0.717, 1.165) is 17.8 Å². The summed E-state index contributed by atoms with van der Waals surface area (Å²) in [6.07, 6.45) is 5.97. The van der Waals surface area contributed by atoms with Crippen LogP contribution in [0.1, 0.15) is 59.0 Å². The summed E-state index contributed by atoms with van der Waals surface area (Å²) in [7, 11) is 0. The molecule has 1 N–H and O–H groups in total. The first-order valence-corrected chi connectivity index (χ1v) is 8.76. The topological polar surface area (TPSA) is 98.0 Å². The van der Waals surface area contributed by atoms with E-state index in [-0.39, 0.29) is 11.6 Å². The monoisotopic (exact) mass is 346 g/mol. The number of nitrogens with zero attached hydrogens (tertiary/aromatic N) is 3. The number of hydrogen-bond acceptors (Lipinski definition) is 6. The summed E-state index contributed by atoms with van der Waals surface area (Å²) >= 11 is 1.41. The predicted molar refractivity (Wildman–Crippen MR) is 91.5 cm³/mol. The fourth-order valence-electron chi connectivity index (χ4n) is 2.97. The van der Waals surface area contributed by atoms with Crippen LogP contribution in [0.15, 0.2) is 18.2 Å². The maximum absolute atomic E-state index is 12.3. The van der Waals surface area contributed by atoms with Gasteiger partial charge in [0.25, 0.3) is 11.6 Å². The Morgan fingerprint density at radius 1 is 1.29 bits per heavy atom. The van der Waals surface area contributed by atoms with Crippen molar-refractivity contribution in [2.45, 2.75) is 44.9 Å². The van der Waals surface area contributed by atoms with Crippen LogP contribution < -0.4 is 5.32 Å². The van der Waals surface area contributed by atoms with Crippen LogP contribution in [0.25, 0.3) is 0 Å². The highest BCUT2D eigenvalue weighted by Gasteiger charge is 2.21. The van der Waals surface area contributed by atoms with Crippen molar-refractivity contribution in [1.82, 2.24) is 10.2 Å². The Morgan fingerprint density at radius 2 is 2.04 bits per heavy atom. The maximum Gasteiger partial charge on any atom is 0.272 e. The molecule has 1 aliphatic rings. The molecule has 2 aromatic rings. The summed E-state index contributed by atoms with van der Waals surface area (Å²) in [6.45, 7) is 1.61. The normalized spacial score (nSPS) is 15.2. The van der Waals surface area contributed by atoms with Gasteiger partial charge in [-0.25, -0.2) is 0 Å². The minimum atomic E-state index is -0.460. The summed E-state index contributed by atoms with van der Waals surface area (Å²) in [5.74, 6) is 0.114. The molecule has 1 amide bonds. The lowest BCUT2D eigenvalue weighted by Crippen LogP contribution is -2.12. The molecular formula is C16H18N4O3S. The summed E-state index contributed by atoms with van der Waals surface area (Å²) in [6, 6.07) is 4.30. The van der Waals surface area contributed by atoms with Gasteiger partial charge in [-0.05, 0) is 31.9 Å². The first-order chi connectivity index (χ1) is 11.5. The smallest absolute Gasteiger partial charge is 0.272 e. The zero-order valence-corrected chi connectivity index (χ0v) is 14.1. The molecule has 7 nitrogen and oxygen atoms in total. The van der Waals surface area contributed by atoms with Crippen LogP contribution in [0.2, 0.25) is 0 Å². The lowest BCUT2D eigenvalue weighted by molar-refractivity contribution is -0.385. The minimum Gasteiger partial charge on any atom is -0.296 e. The number of aryl methyl sites for hydroxylation is 1. The van der Waals surface area contributed by atoms with Crippen LogP contribution in [0.3, 0.4) is 0 Å². The molecule has 1 aromatic carbocycles. The van der Waals surface area contributed by atoms with Gasteiger partial charge in [-0.3, -0.25) is 20.2 Å². The molecule has 0 bridgehead atoms. The predicted octanol–water partition coefficient (Wildman–Crippen LogP) is 4.05. The first kappa shape index (κ1) is 16.5. The molecule has 3 rings (SSSR count). The van der Waals surface area contributed by atoms with Crippen molar-refractivity contribution < 1.29 is 9.72 Å². The molecular weight excluding hydrogens is 328 g/mol. The molecule has 0 spiro atoms. The standard InChI is InChI=1S/C16H18N4O3S/c1-10-9-12(7-8-13(10)20(22)23)14(21)17-16-19-18-15(24-16)11-5-3-2-4-6-11/h7-9,11H,2-6H2,1H3,(H,17,19,21). The molecule has 1 aliphatic carbocycles. The highest BCUT2D eigenvalue weighted by molar-refractivity contribution is 7.15. The van der Waals surface area contributed by atoms with Gasteiger partial charge >= 0.3 is 0 Å². The average Bonchev–Trinajstić information content (AvgIpc) is 3.03.